The summed E-state index contributed by atoms with van der Waals surface area (Å²) in [5, 5.41) is 1.52. The Bertz CT molecular complexity index is 1130. The number of nitrogens with zero attached hydrogens (tertiary/aromatic N) is 1. The molecule has 0 bridgehead atoms. The molecule has 1 unspecified atom stereocenters. The summed E-state index contributed by atoms with van der Waals surface area (Å²) in [6.45, 7) is 0.484. The van der Waals surface area contributed by atoms with Crippen molar-refractivity contribution in [2.75, 3.05) is 19.4 Å². The molecule has 2 heterocycles. The number of amides is 1. The van der Waals surface area contributed by atoms with Gasteiger partial charge >= 0.3 is 25.6 Å². The third-order valence-corrected chi connectivity index (χ3v) is 6.73. The maximum absolute atomic E-state index is 12.4. The van der Waals surface area contributed by atoms with Crippen LogP contribution in [0.25, 0.3) is 0 Å². The van der Waals surface area contributed by atoms with Gasteiger partial charge in [0.05, 0.1) is 19.3 Å². The Labute approximate surface area is 203 Å². The van der Waals surface area contributed by atoms with E-state index in [1.807, 2.05) is 11.2 Å². The molecule has 196 valence electrons. The molecule has 35 heavy (non-hydrogen) atoms. The normalized spacial score (nSPS) is 21.3. The van der Waals surface area contributed by atoms with E-state index in [0.29, 0.717) is 0 Å². The fourth-order valence-electron chi connectivity index (χ4n) is 2.89. The number of H-pyrrole nitrogens is 1. The topological polar surface area (TPSA) is 169 Å². The van der Waals surface area contributed by atoms with E-state index in [1.165, 1.54) is 26.9 Å². The van der Waals surface area contributed by atoms with Crippen molar-refractivity contribution >= 4 is 35.3 Å². The van der Waals surface area contributed by atoms with Crippen LogP contribution in [0.1, 0.15) is 25.1 Å². The van der Waals surface area contributed by atoms with Crippen LogP contribution in [0.15, 0.2) is 15.8 Å². The van der Waals surface area contributed by atoms with Crippen LogP contribution in [0, 0.1) is 11.8 Å². The molecule has 0 saturated carbocycles. The van der Waals surface area contributed by atoms with Gasteiger partial charge in [-0.15, -0.1) is 0 Å². The molecule has 12 nitrogen and oxygen atoms in total. The Morgan fingerprint density at radius 1 is 1.46 bits per heavy atom. The van der Waals surface area contributed by atoms with Crippen molar-refractivity contribution in [3.05, 3.63) is 32.6 Å². The van der Waals surface area contributed by atoms with Crippen molar-refractivity contribution in [1.82, 2.24) is 14.9 Å². The number of carbonyl (C=O) groups is 1. The SMILES string of the molecule is CSS[C@@H](C)OC1C[C@H](n2cc(C#CCNC(=O)C(F)(F)F)c(=O)[nH]c2=O)O[C@@H]1COP(=O)(O)O. The van der Waals surface area contributed by atoms with Crippen LogP contribution in [0.4, 0.5) is 13.2 Å². The molecule has 1 fully saturated rings. The minimum absolute atomic E-state index is 0.0366. The van der Waals surface area contributed by atoms with Crippen LogP contribution in [-0.2, 0) is 23.4 Å². The summed E-state index contributed by atoms with van der Waals surface area (Å²) in [6.07, 6.45) is -4.98. The van der Waals surface area contributed by atoms with Crippen molar-refractivity contribution < 1.29 is 46.3 Å². The van der Waals surface area contributed by atoms with E-state index in [4.69, 9.17) is 19.3 Å². The molecule has 0 spiro atoms. The summed E-state index contributed by atoms with van der Waals surface area (Å²) in [4.78, 5) is 55.2. The van der Waals surface area contributed by atoms with Crippen molar-refractivity contribution in [3.8, 4) is 11.8 Å². The van der Waals surface area contributed by atoms with E-state index in [9.17, 15) is 32.1 Å². The van der Waals surface area contributed by atoms with Crippen molar-refractivity contribution in [1.29, 1.82) is 0 Å². The van der Waals surface area contributed by atoms with Crippen LogP contribution in [0.2, 0.25) is 0 Å². The fourth-order valence-corrected chi connectivity index (χ4v) is 4.64. The molecular weight excluding hydrogens is 542 g/mol. The largest absolute Gasteiger partial charge is 0.471 e. The van der Waals surface area contributed by atoms with Gasteiger partial charge in [-0.3, -0.25) is 23.7 Å². The van der Waals surface area contributed by atoms with E-state index in [-0.39, 0.29) is 17.4 Å². The van der Waals surface area contributed by atoms with Gasteiger partial charge < -0.3 is 24.6 Å². The highest BCUT2D eigenvalue weighted by Crippen LogP contribution is 2.39. The predicted octanol–water partition coefficient (Wildman–Crippen LogP) is 0.706. The van der Waals surface area contributed by atoms with E-state index in [2.05, 4.69) is 16.4 Å². The first kappa shape index (κ1) is 29.5. The number of aromatic nitrogens is 2. The highest BCUT2D eigenvalue weighted by atomic mass is 33.1. The minimum atomic E-state index is -5.09. The van der Waals surface area contributed by atoms with Crippen LogP contribution < -0.4 is 16.6 Å². The zero-order valence-corrected chi connectivity index (χ0v) is 20.6. The van der Waals surface area contributed by atoms with E-state index in [0.717, 1.165) is 10.8 Å². The lowest BCUT2D eigenvalue weighted by molar-refractivity contribution is -0.173. The summed E-state index contributed by atoms with van der Waals surface area (Å²) in [5.41, 5.74) is -2.46. The summed E-state index contributed by atoms with van der Waals surface area (Å²) >= 11 is 0. The smallest absolute Gasteiger partial charge is 0.361 e. The Hall–Kier alpha value is -1.77. The molecule has 1 aromatic heterocycles. The van der Waals surface area contributed by atoms with E-state index >= 15 is 0 Å². The number of rotatable bonds is 9. The van der Waals surface area contributed by atoms with Gasteiger partial charge in [0.15, 0.2) is 0 Å². The number of ether oxygens (including phenoxy) is 2. The highest BCUT2D eigenvalue weighted by Gasteiger charge is 2.40. The fraction of sp³-hybridized carbons (Fsp3) is 0.588. The van der Waals surface area contributed by atoms with Gasteiger partial charge in [-0.1, -0.05) is 33.4 Å². The van der Waals surface area contributed by atoms with Crippen molar-refractivity contribution in [2.24, 2.45) is 0 Å². The lowest BCUT2D eigenvalue weighted by Crippen LogP contribution is -2.37. The number of hydrogen-bond donors (Lipinski definition) is 4. The van der Waals surface area contributed by atoms with Crippen molar-refractivity contribution in [2.45, 2.75) is 43.4 Å². The number of aromatic amines is 1. The predicted molar refractivity (Wildman–Crippen MR) is 119 cm³/mol. The summed E-state index contributed by atoms with van der Waals surface area (Å²) in [6, 6.07) is 0. The Morgan fingerprint density at radius 2 is 2.14 bits per heavy atom. The van der Waals surface area contributed by atoms with Gasteiger partial charge in [-0.05, 0) is 13.2 Å². The van der Waals surface area contributed by atoms with Gasteiger partial charge in [0.25, 0.3) is 5.56 Å². The number of phosphoric acid groups is 1. The molecule has 0 aliphatic carbocycles. The second kappa shape index (κ2) is 12.5. The van der Waals surface area contributed by atoms with Gasteiger partial charge in [-0.25, -0.2) is 9.36 Å². The molecule has 1 aliphatic rings. The maximum Gasteiger partial charge on any atom is 0.471 e. The van der Waals surface area contributed by atoms with E-state index < -0.39 is 62.7 Å². The quantitative estimate of drug-likeness (QED) is 0.144. The minimum Gasteiger partial charge on any atom is -0.361 e. The number of phosphoric ester groups is 1. The first-order valence-electron chi connectivity index (χ1n) is 9.61. The Balaban J connectivity index is 2.23. The third-order valence-electron chi connectivity index (χ3n) is 4.28. The molecule has 18 heteroatoms. The lowest BCUT2D eigenvalue weighted by atomic mass is 10.2. The molecule has 1 aromatic rings. The molecule has 4 N–H and O–H groups in total. The Kier molecular flexibility index (Phi) is 10.5. The van der Waals surface area contributed by atoms with Crippen LogP contribution >= 0.6 is 29.4 Å². The summed E-state index contributed by atoms with van der Waals surface area (Å²) < 4.78 is 64.7. The zero-order valence-electron chi connectivity index (χ0n) is 18.1. The van der Waals surface area contributed by atoms with Crippen molar-refractivity contribution in [3.63, 3.8) is 0 Å². The average molecular weight is 563 g/mol. The molecule has 1 amide bonds. The summed E-state index contributed by atoms with van der Waals surface area (Å²) in [7, 11) is -2.02. The molecule has 1 saturated heterocycles. The number of halogens is 3. The van der Waals surface area contributed by atoms with Gasteiger partial charge in [0.2, 0.25) is 0 Å². The second-order valence-electron chi connectivity index (χ2n) is 6.85. The van der Waals surface area contributed by atoms with Gasteiger partial charge in [0, 0.05) is 12.6 Å². The molecule has 2 rings (SSSR count). The molecule has 4 atom stereocenters. The average Bonchev–Trinajstić information content (AvgIpc) is 3.12. The number of nitrogens with one attached hydrogen (secondary N) is 2. The first-order chi connectivity index (χ1) is 16.2. The standard InChI is InChI=1S/C17H21F3N3O9PS2/c1-9(35-34-2)31-11-6-13(32-12(11)8-30-33(27,28)29)23-7-10(14(24)22-16(23)26)4-3-5-21-15(25)17(18,19)20/h7,9,11-13H,5-6,8H2,1-2H3,(H,21,25)(H,22,24,26)(H2,27,28,29)/t9-,11?,12+,13+/m0/s1. The Morgan fingerprint density at radius 3 is 2.74 bits per heavy atom. The number of hydrogen-bond acceptors (Lipinski definition) is 9. The molecular formula is C17H21F3N3O9PS2. The van der Waals surface area contributed by atoms with Crippen LogP contribution in [0.5, 0.6) is 0 Å². The number of alkyl halides is 3. The van der Waals surface area contributed by atoms with Crippen LogP contribution in [-0.4, -0.2) is 68.5 Å². The number of carbonyl (C=O) groups excluding carboxylic acids is 1. The van der Waals surface area contributed by atoms with Crippen LogP contribution in [0.3, 0.4) is 0 Å². The molecule has 0 aromatic carbocycles. The lowest BCUT2D eigenvalue weighted by Gasteiger charge is -2.22. The second-order valence-corrected chi connectivity index (χ2v) is 10.9. The maximum atomic E-state index is 12.4. The molecule has 1 aliphatic heterocycles. The monoisotopic (exact) mass is 563 g/mol. The zero-order chi connectivity index (χ0) is 26.4. The highest BCUT2D eigenvalue weighted by molar-refractivity contribution is 8.76. The molecule has 0 radical (unpaired) electrons. The first-order valence-corrected chi connectivity index (χ1v) is 13.8. The van der Waals surface area contributed by atoms with Gasteiger partial charge in [-0.2, -0.15) is 13.2 Å². The third kappa shape index (κ3) is 9.32. The summed E-state index contributed by atoms with van der Waals surface area (Å²) in [5.74, 6) is 2.25. The van der Waals surface area contributed by atoms with Gasteiger partial charge in [0.1, 0.15) is 23.3 Å². The van der Waals surface area contributed by atoms with E-state index in [1.54, 1.807) is 6.92 Å².